The third kappa shape index (κ3) is 2.28. The van der Waals surface area contributed by atoms with E-state index in [1.54, 1.807) is 6.92 Å². The van der Waals surface area contributed by atoms with Crippen molar-refractivity contribution in [2.24, 2.45) is 23.7 Å². The van der Waals surface area contributed by atoms with E-state index in [1.807, 2.05) is 6.08 Å². The van der Waals surface area contributed by atoms with Crippen molar-refractivity contribution in [3.05, 3.63) is 11.6 Å². The molecule has 4 atom stereocenters. The Balaban J connectivity index is 2.21. The highest BCUT2D eigenvalue weighted by Gasteiger charge is 2.44. The molecule has 2 aliphatic rings. The van der Waals surface area contributed by atoms with E-state index >= 15 is 0 Å². The van der Waals surface area contributed by atoms with Gasteiger partial charge in [-0.3, -0.25) is 4.79 Å². The van der Waals surface area contributed by atoms with Gasteiger partial charge in [-0.25, -0.2) is 4.79 Å². The standard InChI is InChI=1S/C14H20O3/c1-8-3-4-10(7-9(2)14(16)17)13-11(8)5-6-12(13)15/h7-8,10-11,13H,3-6H2,1-2H3,(H,16,17)/b9-7+/t8-,10+,11-,13-/m1/s1. The molecule has 94 valence electrons. The molecule has 2 fully saturated rings. The van der Waals surface area contributed by atoms with E-state index in [-0.39, 0.29) is 11.8 Å². The van der Waals surface area contributed by atoms with Crippen LogP contribution in [0.2, 0.25) is 0 Å². The van der Waals surface area contributed by atoms with Crippen LogP contribution in [0, 0.1) is 23.7 Å². The Labute approximate surface area is 102 Å². The van der Waals surface area contributed by atoms with Crippen molar-refractivity contribution in [3.63, 3.8) is 0 Å². The molecule has 0 aromatic rings. The van der Waals surface area contributed by atoms with Crippen LogP contribution in [0.25, 0.3) is 0 Å². The number of aliphatic carboxylic acids is 1. The zero-order chi connectivity index (χ0) is 12.6. The lowest BCUT2D eigenvalue weighted by atomic mass is 9.68. The van der Waals surface area contributed by atoms with Crippen molar-refractivity contribution in [1.82, 2.24) is 0 Å². The molecule has 0 aromatic heterocycles. The average molecular weight is 236 g/mol. The molecule has 1 N–H and O–H groups in total. The molecule has 0 aromatic carbocycles. The summed E-state index contributed by atoms with van der Waals surface area (Å²) in [5, 5.41) is 8.92. The van der Waals surface area contributed by atoms with E-state index in [2.05, 4.69) is 6.92 Å². The first kappa shape index (κ1) is 12.3. The minimum Gasteiger partial charge on any atom is -0.478 e. The smallest absolute Gasteiger partial charge is 0.330 e. The third-order valence-electron chi connectivity index (χ3n) is 4.51. The van der Waals surface area contributed by atoms with E-state index < -0.39 is 5.97 Å². The quantitative estimate of drug-likeness (QED) is 0.750. The highest BCUT2D eigenvalue weighted by molar-refractivity contribution is 5.87. The van der Waals surface area contributed by atoms with Gasteiger partial charge in [-0.15, -0.1) is 0 Å². The number of Topliss-reactive ketones (excluding diaryl/α,β-unsaturated/α-hetero) is 1. The van der Waals surface area contributed by atoms with Crippen LogP contribution in [0.5, 0.6) is 0 Å². The summed E-state index contributed by atoms with van der Waals surface area (Å²) in [7, 11) is 0. The number of allylic oxidation sites excluding steroid dienone is 1. The van der Waals surface area contributed by atoms with E-state index in [0.29, 0.717) is 29.6 Å². The monoisotopic (exact) mass is 236 g/mol. The molecule has 0 amide bonds. The molecule has 0 bridgehead atoms. The largest absolute Gasteiger partial charge is 0.478 e. The normalized spacial score (nSPS) is 38.0. The molecule has 2 aliphatic carbocycles. The summed E-state index contributed by atoms with van der Waals surface area (Å²) in [6.07, 6.45) is 5.58. The van der Waals surface area contributed by atoms with Gasteiger partial charge in [0.2, 0.25) is 0 Å². The zero-order valence-corrected chi connectivity index (χ0v) is 10.5. The highest BCUT2D eigenvalue weighted by Crippen LogP contribution is 2.47. The van der Waals surface area contributed by atoms with E-state index in [9.17, 15) is 9.59 Å². The van der Waals surface area contributed by atoms with Crippen LogP contribution in [-0.2, 0) is 9.59 Å². The van der Waals surface area contributed by atoms with Crippen molar-refractivity contribution in [1.29, 1.82) is 0 Å². The first-order valence-electron chi connectivity index (χ1n) is 6.45. The summed E-state index contributed by atoms with van der Waals surface area (Å²) in [6.45, 7) is 3.84. The Morgan fingerprint density at radius 1 is 1.35 bits per heavy atom. The number of carbonyl (C=O) groups is 2. The van der Waals surface area contributed by atoms with Crippen LogP contribution in [-0.4, -0.2) is 16.9 Å². The molecule has 2 rings (SSSR count). The van der Waals surface area contributed by atoms with Gasteiger partial charge in [0.1, 0.15) is 5.78 Å². The maximum absolute atomic E-state index is 11.9. The number of hydrogen-bond acceptors (Lipinski definition) is 2. The van der Waals surface area contributed by atoms with Crippen molar-refractivity contribution in [3.8, 4) is 0 Å². The number of rotatable bonds is 2. The van der Waals surface area contributed by atoms with Gasteiger partial charge in [0, 0.05) is 17.9 Å². The average Bonchev–Trinajstić information content (AvgIpc) is 2.66. The second-order valence-electron chi connectivity index (χ2n) is 5.57. The van der Waals surface area contributed by atoms with Crippen LogP contribution in [0.4, 0.5) is 0 Å². The minimum absolute atomic E-state index is 0.0908. The maximum Gasteiger partial charge on any atom is 0.330 e. The SMILES string of the molecule is C/C(=C\[C@@H]1CC[C@@H](C)[C@H]2CCC(=O)[C@@H]21)C(=O)O. The maximum atomic E-state index is 11.9. The summed E-state index contributed by atoms with van der Waals surface area (Å²) in [6, 6.07) is 0. The molecule has 0 heterocycles. The van der Waals surface area contributed by atoms with Gasteiger partial charge in [0.05, 0.1) is 0 Å². The van der Waals surface area contributed by atoms with E-state index in [1.165, 1.54) is 0 Å². The van der Waals surface area contributed by atoms with Crippen LogP contribution < -0.4 is 0 Å². The highest BCUT2D eigenvalue weighted by atomic mass is 16.4. The molecule has 0 unspecified atom stereocenters. The van der Waals surface area contributed by atoms with Gasteiger partial charge in [0.25, 0.3) is 0 Å². The molecule has 0 aliphatic heterocycles. The number of ketones is 1. The second-order valence-corrected chi connectivity index (χ2v) is 5.57. The lowest BCUT2D eigenvalue weighted by Crippen LogP contribution is -2.32. The molecule has 2 saturated carbocycles. The third-order valence-corrected chi connectivity index (χ3v) is 4.51. The minimum atomic E-state index is -0.870. The van der Waals surface area contributed by atoms with Crippen LogP contribution in [0.1, 0.15) is 39.5 Å². The first-order chi connectivity index (χ1) is 8.00. The lowest BCUT2D eigenvalue weighted by molar-refractivity contribution is -0.132. The zero-order valence-electron chi connectivity index (χ0n) is 10.5. The van der Waals surface area contributed by atoms with Crippen LogP contribution >= 0.6 is 0 Å². The lowest BCUT2D eigenvalue weighted by Gasteiger charge is -2.36. The molecular formula is C14H20O3. The first-order valence-corrected chi connectivity index (χ1v) is 6.45. The van der Waals surface area contributed by atoms with Crippen molar-refractivity contribution < 1.29 is 14.7 Å². The number of carboxylic acids is 1. The van der Waals surface area contributed by atoms with Crippen molar-refractivity contribution >= 4 is 11.8 Å². The van der Waals surface area contributed by atoms with Gasteiger partial charge in [-0.2, -0.15) is 0 Å². The van der Waals surface area contributed by atoms with Gasteiger partial charge in [-0.05, 0) is 43.9 Å². The molecule has 3 nitrogen and oxygen atoms in total. The molecule has 0 radical (unpaired) electrons. The number of fused-ring (bicyclic) bond motifs is 1. The Morgan fingerprint density at radius 3 is 2.71 bits per heavy atom. The predicted octanol–water partition coefficient (Wildman–Crippen LogP) is 2.66. The summed E-state index contributed by atoms with van der Waals surface area (Å²) in [5.41, 5.74) is 0.378. The number of carboxylic acid groups (broad SMARTS) is 1. The number of carbonyl (C=O) groups excluding carboxylic acids is 1. The van der Waals surface area contributed by atoms with Crippen LogP contribution in [0.3, 0.4) is 0 Å². The molecule has 0 spiro atoms. The summed E-state index contributed by atoms with van der Waals surface area (Å²) in [4.78, 5) is 22.8. The molecule has 3 heteroatoms. The fourth-order valence-electron chi connectivity index (χ4n) is 3.52. The Kier molecular flexibility index (Phi) is 3.36. The predicted molar refractivity (Wildman–Crippen MR) is 64.5 cm³/mol. The van der Waals surface area contributed by atoms with Crippen LogP contribution in [0.15, 0.2) is 11.6 Å². The topological polar surface area (TPSA) is 54.4 Å². The fourth-order valence-corrected chi connectivity index (χ4v) is 3.52. The van der Waals surface area contributed by atoms with Gasteiger partial charge >= 0.3 is 5.97 Å². The Bertz CT molecular complexity index is 370. The molecular weight excluding hydrogens is 216 g/mol. The fraction of sp³-hybridized carbons (Fsp3) is 0.714. The van der Waals surface area contributed by atoms with Gasteiger partial charge in [0.15, 0.2) is 0 Å². The van der Waals surface area contributed by atoms with Crippen molar-refractivity contribution in [2.75, 3.05) is 0 Å². The Hall–Kier alpha value is -1.12. The molecule has 0 saturated heterocycles. The molecule has 17 heavy (non-hydrogen) atoms. The summed E-state index contributed by atoms with van der Waals surface area (Å²) in [5.74, 6) is 0.822. The van der Waals surface area contributed by atoms with Gasteiger partial charge in [-0.1, -0.05) is 13.0 Å². The Morgan fingerprint density at radius 2 is 2.06 bits per heavy atom. The summed E-state index contributed by atoms with van der Waals surface area (Å²) < 4.78 is 0. The number of hydrogen-bond donors (Lipinski definition) is 1. The van der Waals surface area contributed by atoms with Gasteiger partial charge < -0.3 is 5.11 Å². The summed E-state index contributed by atoms with van der Waals surface area (Å²) >= 11 is 0. The van der Waals surface area contributed by atoms with Crippen molar-refractivity contribution in [2.45, 2.75) is 39.5 Å². The van der Waals surface area contributed by atoms with E-state index in [0.717, 1.165) is 19.3 Å². The second kappa shape index (κ2) is 4.63. The van der Waals surface area contributed by atoms with E-state index in [4.69, 9.17) is 5.11 Å².